The Bertz CT molecular complexity index is 1190. The summed E-state index contributed by atoms with van der Waals surface area (Å²) in [5, 5.41) is 0. The number of terminal acetylenes is 2. The molecule has 2 aromatic rings. The molecule has 0 radical (unpaired) electrons. The number of unbranched alkanes of at least 4 members (excludes halogenated alkanes) is 12. The Morgan fingerprint density at radius 3 is 0.891 bits per heavy atom. The highest BCUT2D eigenvalue weighted by Crippen LogP contribution is 2.33. The molecule has 0 spiro atoms. The molecule has 0 N–H and O–H groups in total. The van der Waals surface area contributed by atoms with E-state index in [-0.39, 0.29) is 0 Å². The van der Waals surface area contributed by atoms with Crippen LogP contribution in [-0.2, 0) is 0 Å². The summed E-state index contributed by atoms with van der Waals surface area (Å²) >= 11 is 0. The van der Waals surface area contributed by atoms with Gasteiger partial charge in [0.05, 0.1) is 26.4 Å². The first-order valence-electron chi connectivity index (χ1n) is 17.9. The van der Waals surface area contributed by atoms with Crippen molar-refractivity contribution in [2.75, 3.05) is 26.4 Å². The van der Waals surface area contributed by atoms with Crippen molar-refractivity contribution in [3.8, 4) is 59.5 Å². The van der Waals surface area contributed by atoms with Gasteiger partial charge >= 0.3 is 0 Å². The second kappa shape index (κ2) is 24.5. The fourth-order valence-corrected chi connectivity index (χ4v) is 5.00. The van der Waals surface area contributed by atoms with Crippen molar-refractivity contribution in [1.29, 1.82) is 0 Å². The SMILES string of the molecule is C#Cc1cc(OCCCCCC)c(OCCCCCC)cc1C#Cc1cc(OCCCCCC)c(OCCCCCC)cc1C#C. The number of benzene rings is 2. The lowest BCUT2D eigenvalue weighted by Gasteiger charge is -2.15. The molecule has 250 valence electrons. The molecular formula is C42H58O4. The molecule has 4 heteroatoms. The average Bonchev–Trinajstić information content (AvgIpc) is 3.07. The van der Waals surface area contributed by atoms with Gasteiger partial charge in [0.1, 0.15) is 0 Å². The van der Waals surface area contributed by atoms with Crippen molar-refractivity contribution in [1.82, 2.24) is 0 Å². The molecule has 0 amide bonds. The zero-order valence-corrected chi connectivity index (χ0v) is 29.2. The summed E-state index contributed by atoms with van der Waals surface area (Å²) in [5.41, 5.74) is 2.73. The standard InChI is InChI=1S/C42H58O4/c1-7-13-17-21-27-43-39-31-35(11-5)37(33-41(39)45-29-23-19-15-9-3)25-26-38-34-42(46-30-24-20-16-10-4)40(32-36(38)12-6)44-28-22-18-14-8-2/h5-6,31-34H,7-10,13-24,27-30H2,1-4H3. The normalized spacial score (nSPS) is 10.4. The predicted molar refractivity (Wildman–Crippen MR) is 193 cm³/mol. The quantitative estimate of drug-likeness (QED) is 0.0858. The first-order chi connectivity index (χ1) is 22.6. The molecule has 0 aromatic heterocycles. The van der Waals surface area contributed by atoms with Crippen molar-refractivity contribution in [3.05, 3.63) is 46.5 Å². The minimum absolute atomic E-state index is 0.620. The van der Waals surface area contributed by atoms with Crippen molar-refractivity contribution < 1.29 is 18.9 Å². The molecule has 0 unspecified atom stereocenters. The zero-order valence-electron chi connectivity index (χ0n) is 29.2. The third-order valence-electron chi connectivity index (χ3n) is 7.83. The number of rotatable bonds is 24. The molecular weight excluding hydrogens is 568 g/mol. The summed E-state index contributed by atoms with van der Waals surface area (Å²) in [6.45, 7) is 11.3. The van der Waals surface area contributed by atoms with Gasteiger partial charge in [-0.1, -0.05) is 128 Å². The molecule has 2 aromatic carbocycles. The van der Waals surface area contributed by atoms with Crippen molar-refractivity contribution in [2.45, 2.75) is 130 Å². The monoisotopic (exact) mass is 626 g/mol. The third kappa shape index (κ3) is 14.6. The molecule has 0 fully saturated rings. The summed E-state index contributed by atoms with van der Waals surface area (Å²) in [6, 6.07) is 7.59. The van der Waals surface area contributed by atoms with Gasteiger partial charge in [0.2, 0.25) is 0 Å². The Kier molecular flexibility index (Phi) is 20.5. The molecule has 0 bridgehead atoms. The van der Waals surface area contributed by atoms with Crippen LogP contribution in [0.4, 0.5) is 0 Å². The van der Waals surface area contributed by atoms with E-state index in [1.807, 2.05) is 24.3 Å². The van der Waals surface area contributed by atoms with Gasteiger partial charge in [0, 0.05) is 46.5 Å². The number of hydrogen-bond acceptors (Lipinski definition) is 4. The summed E-state index contributed by atoms with van der Waals surface area (Å²) in [7, 11) is 0. The van der Waals surface area contributed by atoms with Crippen LogP contribution in [0.5, 0.6) is 23.0 Å². The van der Waals surface area contributed by atoms with Crippen LogP contribution in [0.25, 0.3) is 0 Å². The highest BCUT2D eigenvalue weighted by Gasteiger charge is 2.13. The highest BCUT2D eigenvalue weighted by atomic mass is 16.5. The molecule has 0 heterocycles. The van der Waals surface area contributed by atoms with E-state index in [1.54, 1.807) is 0 Å². The Hall–Kier alpha value is -3.68. The lowest BCUT2D eigenvalue weighted by Crippen LogP contribution is -2.04. The Labute approximate surface area is 281 Å². The summed E-state index contributed by atoms with van der Waals surface area (Å²) in [6.07, 6.45) is 30.0. The lowest BCUT2D eigenvalue weighted by atomic mass is 10.0. The Morgan fingerprint density at radius 1 is 0.391 bits per heavy atom. The summed E-state index contributed by atoms with van der Waals surface area (Å²) in [4.78, 5) is 0. The predicted octanol–water partition coefficient (Wildman–Crippen LogP) is 10.9. The maximum atomic E-state index is 6.24. The van der Waals surface area contributed by atoms with Crippen molar-refractivity contribution in [2.24, 2.45) is 0 Å². The van der Waals surface area contributed by atoms with E-state index in [4.69, 9.17) is 31.8 Å². The Morgan fingerprint density at radius 2 is 0.652 bits per heavy atom. The van der Waals surface area contributed by atoms with Gasteiger partial charge in [0.25, 0.3) is 0 Å². The van der Waals surface area contributed by atoms with Crippen LogP contribution in [-0.4, -0.2) is 26.4 Å². The van der Waals surface area contributed by atoms with Crippen LogP contribution >= 0.6 is 0 Å². The van der Waals surface area contributed by atoms with Gasteiger partial charge in [-0.15, -0.1) is 12.8 Å². The molecule has 2 rings (SSSR count). The zero-order chi connectivity index (χ0) is 33.2. The van der Waals surface area contributed by atoms with Crippen LogP contribution in [0.15, 0.2) is 24.3 Å². The Balaban J connectivity index is 2.39. The molecule has 0 aliphatic rings. The smallest absolute Gasteiger partial charge is 0.162 e. The van der Waals surface area contributed by atoms with E-state index in [2.05, 4.69) is 51.4 Å². The lowest BCUT2D eigenvalue weighted by molar-refractivity contribution is 0.258. The van der Waals surface area contributed by atoms with E-state index in [0.29, 0.717) is 71.7 Å². The number of ether oxygens (including phenoxy) is 4. The molecule has 0 saturated carbocycles. The fraction of sp³-hybridized carbons (Fsp3) is 0.571. The largest absolute Gasteiger partial charge is 0.490 e. The van der Waals surface area contributed by atoms with Crippen LogP contribution in [0.1, 0.15) is 153 Å². The molecule has 0 saturated heterocycles. The van der Waals surface area contributed by atoms with Gasteiger partial charge in [-0.25, -0.2) is 0 Å². The molecule has 4 nitrogen and oxygen atoms in total. The second-order valence-corrected chi connectivity index (χ2v) is 11.9. The van der Waals surface area contributed by atoms with Crippen molar-refractivity contribution in [3.63, 3.8) is 0 Å². The van der Waals surface area contributed by atoms with Gasteiger partial charge in [0.15, 0.2) is 23.0 Å². The number of hydrogen-bond donors (Lipinski definition) is 0. The molecule has 46 heavy (non-hydrogen) atoms. The molecule has 0 aliphatic carbocycles. The maximum Gasteiger partial charge on any atom is 0.162 e. The highest BCUT2D eigenvalue weighted by molar-refractivity contribution is 5.63. The van der Waals surface area contributed by atoms with E-state index < -0.39 is 0 Å². The van der Waals surface area contributed by atoms with Crippen LogP contribution < -0.4 is 18.9 Å². The van der Waals surface area contributed by atoms with Gasteiger partial charge in [-0.3, -0.25) is 0 Å². The van der Waals surface area contributed by atoms with Gasteiger partial charge in [-0.2, -0.15) is 0 Å². The van der Waals surface area contributed by atoms with Gasteiger partial charge < -0.3 is 18.9 Å². The van der Waals surface area contributed by atoms with Crippen LogP contribution in [0.3, 0.4) is 0 Å². The van der Waals surface area contributed by atoms with E-state index >= 15 is 0 Å². The van der Waals surface area contributed by atoms with E-state index in [9.17, 15) is 0 Å². The van der Waals surface area contributed by atoms with Crippen molar-refractivity contribution >= 4 is 0 Å². The minimum Gasteiger partial charge on any atom is -0.490 e. The molecule has 0 aliphatic heterocycles. The maximum absolute atomic E-state index is 6.24. The van der Waals surface area contributed by atoms with Crippen LogP contribution in [0.2, 0.25) is 0 Å². The average molecular weight is 627 g/mol. The topological polar surface area (TPSA) is 36.9 Å². The van der Waals surface area contributed by atoms with Gasteiger partial charge in [-0.05, 0) is 25.7 Å². The third-order valence-corrected chi connectivity index (χ3v) is 7.83. The fourth-order valence-electron chi connectivity index (χ4n) is 5.00. The first kappa shape index (κ1) is 38.5. The summed E-state index contributed by atoms with van der Waals surface area (Å²) in [5.74, 6) is 14.9. The van der Waals surface area contributed by atoms with E-state index in [1.165, 1.54) is 51.4 Å². The van der Waals surface area contributed by atoms with E-state index in [0.717, 1.165) is 51.4 Å². The molecule has 0 atom stereocenters. The van der Waals surface area contributed by atoms with Crippen LogP contribution in [0, 0.1) is 36.5 Å². The first-order valence-corrected chi connectivity index (χ1v) is 17.9. The second-order valence-electron chi connectivity index (χ2n) is 11.9. The minimum atomic E-state index is 0.620. The summed E-state index contributed by atoms with van der Waals surface area (Å²) < 4.78 is 24.8.